The Balaban J connectivity index is 1.30. The number of hydrogen-bond donors (Lipinski definition) is 0. The highest BCUT2D eigenvalue weighted by molar-refractivity contribution is 6.00. The number of likely N-dealkylation sites (N-methyl/N-ethyl adjacent to an activating group) is 1. The number of anilines is 2. The summed E-state index contributed by atoms with van der Waals surface area (Å²) in [4.78, 5) is 37.6. The lowest BCUT2D eigenvalue weighted by Crippen LogP contribution is -2.68. The minimum absolute atomic E-state index is 0.0903. The van der Waals surface area contributed by atoms with Gasteiger partial charge in [-0.05, 0) is 49.4 Å². The van der Waals surface area contributed by atoms with Gasteiger partial charge in [-0.15, -0.1) is 0 Å². The van der Waals surface area contributed by atoms with E-state index >= 15 is 0 Å². The molecule has 7 aliphatic rings. The molecule has 5 saturated heterocycles. The van der Waals surface area contributed by atoms with Crippen LogP contribution in [0.3, 0.4) is 0 Å². The predicted molar refractivity (Wildman–Crippen MR) is 134 cm³/mol. The number of benzene rings is 2. The Labute approximate surface area is 210 Å². The van der Waals surface area contributed by atoms with Crippen molar-refractivity contribution in [3.05, 3.63) is 59.7 Å². The maximum absolute atomic E-state index is 14.5. The van der Waals surface area contributed by atoms with Gasteiger partial charge in [0.1, 0.15) is 30.0 Å². The molecule has 7 nitrogen and oxygen atoms in total. The Morgan fingerprint density at radius 2 is 1.44 bits per heavy atom. The predicted octanol–water partition coefficient (Wildman–Crippen LogP) is 2.58. The summed E-state index contributed by atoms with van der Waals surface area (Å²) in [5.41, 5.74) is 4.00. The highest BCUT2D eigenvalue weighted by Crippen LogP contribution is 2.63. The Hall–Kier alpha value is -3.06. The minimum atomic E-state index is -0.425. The molecule has 0 aliphatic carbocycles. The van der Waals surface area contributed by atoms with Crippen molar-refractivity contribution in [1.29, 1.82) is 0 Å². The SMILES string of the molecule is CN1c2ccccc2C23CC4C(=O)N5C(CC6(C)c7ccccc7N(CC7(C)OC7C2)C56)C(=O)N4C13. The van der Waals surface area contributed by atoms with Crippen molar-refractivity contribution in [1.82, 2.24) is 9.80 Å². The summed E-state index contributed by atoms with van der Waals surface area (Å²) < 4.78 is 6.56. The van der Waals surface area contributed by atoms with Gasteiger partial charge in [0.15, 0.2) is 0 Å². The van der Waals surface area contributed by atoms with Gasteiger partial charge in [0, 0.05) is 29.3 Å². The highest BCUT2D eigenvalue weighted by Gasteiger charge is 2.74. The number of rotatable bonds is 0. The Kier molecular flexibility index (Phi) is 3.20. The summed E-state index contributed by atoms with van der Waals surface area (Å²) in [6, 6.07) is 16.2. The zero-order valence-electron chi connectivity index (χ0n) is 20.8. The van der Waals surface area contributed by atoms with E-state index in [-0.39, 0.29) is 46.7 Å². The maximum Gasteiger partial charge on any atom is 0.247 e. The number of ether oxygens (including phenoxy) is 1. The third kappa shape index (κ3) is 1.93. The molecule has 2 aromatic rings. The fourth-order valence-electron chi connectivity index (χ4n) is 9.42. The van der Waals surface area contributed by atoms with Crippen LogP contribution < -0.4 is 9.80 Å². The van der Waals surface area contributed by atoms with Gasteiger partial charge in [0.25, 0.3) is 0 Å². The summed E-state index contributed by atoms with van der Waals surface area (Å²) in [5, 5.41) is 0. The zero-order chi connectivity index (χ0) is 24.4. The summed E-state index contributed by atoms with van der Waals surface area (Å²) in [7, 11) is 2.10. The average Bonchev–Trinajstić information content (AvgIpc) is 3.14. The van der Waals surface area contributed by atoms with Crippen LogP contribution in [-0.4, -0.2) is 71.3 Å². The molecule has 7 heteroatoms. The number of epoxide rings is 1. The molecule has 0 radical (unpaired) electrons. The molecule has 0 aromatic heterocycles. The first kappa shape index (κ1) is 20.0. The lowest BCUT2D eigenvalue weighted by atomic mass is 9.73. The number of para-hydroxylation sites is 2. The van der Waals surface area contributed by atoms with Crippen molar-refractivity contribution in [3.63, 3.8) is 0 Å². The lowest BCUT2D eigenvalue weighted by Gasteiger charge is -2.47. The molecule has 36 heavy (non-hydrogen) atoms. The van der Waals surface area contributed by atoms with Crippen molar-refractivity contribution in [2.24, 2.45) is 0 Å². The van der Waals surface area contributed by atoms with Gasteiger partial charge in [-0.3, -0.25) is 9.59 Å². The van der Waals surface area contributed by atoms with Crippen molar-refractivity contribution in [2.75, 3.05) is 23.4 Å². The van der Waals surface area contributed by atoms with Gasteiger partial charge < -0.3 is 24.3 Å². The smallest absolute Gasteiger partial charge is 0.247 e. The Morgan fingerprint density at radius 3 is 2.22 bits per heavy atom. The molecule has 7 aliphatic heterocycles. The van der Waals surface area contributed by atoms with Crippen LogP contribution in [0.4, 0.5) is 11.4 Å². The Morgan fingerprint density at radius 1 is 0.806 bits per heavy atom. The first-order valence-corrected chi connectivity index (χ1v) is 13.3. The quantitative estimate of drug-likeness (QED) is 0.541. The van der Waals surface area contributed by atoms with Gasteiger partial charge >= 0.3 is 0 Å². The van der Waals surface area contributed by atoms with Crippen molar-refractivity contribution in [3.8, 4) is 0 Å². The van der Waals surface area contributed by atoms with Crippen molar-refractivity contribution in [2.45, 2.75) is 80.1 Å². The third-order valence-corrected chi connectivity index (χ3v) is 10.9. The third-order valence-electron chi connectivity index (χ3n) is 10.9. The molecular formula is C29H30N4O3. The van der Waals surface area contributed by atoms with E-state index in [1.807, 2.05) is 9.80 Å². The summed E-state index contributed by atoms with van der Waals surface area (Å²) >= 11 is 0. The van der Waals surface area contributed by atoms with Crippen LogP contribution in [0.2, 0.25) is 0 Å². The molecule has 7 heterocycles. The second-order valence-electron chi connectivity index (χ2n) is 12.6. The Bertz CT molecular complexity index is 1410. The van der Waals surface area contributed by atoms with Gasteiger partial charge in [-0.25, -0.2) is 0 Å². The number of carbonyl (C=O) groups excluding carboxylic acids is 2. The van der Waals surface area contributed by atoms with Gasteiger partial charge in [-0.2, -0.15) is 0 Å². The number of hydrogen-bond acceptors (Lipinski definition) is 5. The normalized spacial score (nSPS) is 44.5. The fourth-order valence-corrected chi connectivity index (χ4v) is 9.42. The van der Waals surface area contributed by atoms with Crippen LogP contribution in [0.1, 0.15) is 44.2 Å². The molecule has 5 fully saturated rings. The molecule has 2 aromatic carbocycles. The van der Waals surface area contributed by atoms with Crippen LogP contribution in [0.25, 0.3) is 0 Å². The molecule has 8 atom stereocenters. The maximum atomic E-state index is 14.5. The average molecular weight is 483 g/mol. The molecule has 0 saturated carbocycles. The van der Waals surface area contributed by atoms with Crippen LogP contribution in [0, 0.1) is 0 Å². The monoisotopic (exact) mass is 482 g/mol. The minimum Gasteiger partial charge on any atom is -0.364 e. The topological polar surface area (TPSA) is 59.6 Å². The molecular weight excluding hydrogens is 452 g/mol. The number of piperazine rings is 1. The summed E-state index contributed by atoms with van der Waals surface area (Å²) in [6.07, 6.45) is 1.94. The van der Waals surface area contributed by atoms with Crippen LogP contribution in [-0.2, 0) is 25.2 Å². The van der Waals surface area contributed by atoms with E-state index in [1.54, 1.807) is 0 Å². The molecule has 2 amide bonds. The van der Waals surface area contributed by atoms with Crippen molar-refractivity contribution < 1.29 is 14.3 Å². The number of amides is 2. The molecule has 0 N–H and O–H groups in total. The van der Waals surface area contributed by atoms with Gasteiger partial charge in [0.05, 0.1) is 12.6 Å². The van der Waals surface area contributed by atoms with E-state index in [2.05, 4.69) is 79.2 Å². The molecule has 9 rings (SSSR count). The molecule has 184 valence electrons. The number of nitrogens with zero attached hydrogens (tertiary/aromatic N) is 4. The first-order valence-electron chi connectivity index (χ1n) is 13.3. The van der Waals surface area contributed by atoms with Crippen LogP contribution in [0.15, 0.2) is 48.5 Å². The fraction of sp³-hybridized carbons (Fsp3) is 0.517. The summed E-state index contributed by atoms with van der Waals surface area (Å²) in [6.45, 7) is 5.23. The largest absolute Gasteiger partial charge is 0.364 e. The zero-order valence-corrected chi connectivity index (χ0v) is 20.8. The standard InChI is InChI=1S/C29H30N4O3/c1-27-12-20-23(34)33-21-13-29(17-9-5-6-10-18(17)30(3)26(29)33)14-22-28(2,36-22)15-31(25(27)32(20)24(21)35)19-11-7-4-8-16(19)27/h4-11,20-22,25-26H,12-15H2,1-3H3. The summed E-state index contributed by atoms with van der Waals surface area (Å²) in [5.74, 6) is 0.256. The van der Waals surface area contributed by atoms with Gasteiger partial charge in [0.2, 0.25) is 11.8 Å². The second kappa shape index (κ2) is 5.75. The number of carbonyl (C=O) groups is 2. The number of fused-ring (bicyclic) bond motifs is 6. The van der Waals surface area contributed by atoms with Crippen molar-refractivity contribution >= 4 is 23.2 Å². The van der Waals surface area contributed by atoms with E-state index in [1.165, 1.54) is 22.5 Å². The first-order chi connectivity index (χ1) is 17.3. The van der Waals surface area contributed by atoms with E-state index in [4.69, 9.17) is 4.74 Å². The lowest BCUT2D eigenvalue weighted by molar-refractivity contribution is -0.161. The highest BCUT2D eigenvalue weighted by atomic mass is 16.6. The molecule has 3 bridgehead atoms. The second-order valence-corrected chi connectivity index (χ2v) is 12.6. The van der Waals surface area contributed by atoms with E-state index < -0.39 is 12.1 Å². The van der Waals surface area contributed by atoms with Crippen LogP contribution in [0.5, 0.6) is 0 Å². The van der Waals surface area contributed by atoms with E-state index in [0.717, 1.165) is 13.0 Å². The molecule has 1 spiro atoms. The van der Waals surface area contributed by atoms with E-state index in [0.29, 0.717) is 12.8 Å². The van der Waals surface area contributed by atoms with Gasteiger partial charge in [-0.1, -0.05) is 43.3 Å². The van der Waals surface area contributed by atoms with E-state index in [9.17, 15) is 9.59 Å². The molecule has 8 unspecified atom stereocenters. The van der Waals surface area contributed by atoms with Crippen LogP contribution >= 0.6 is 0 Å².